The van der Waals surface area contributed by atoms with Gasteiger partial charge in [0.1, 0.15) is 0 Å². The lowest BCUT2D eigenvalue weighted by Crippen LogP contribution is -2.47. The van der Waals surface area contributed by atoms with E-state index in [1.807, 2.05) is 12.1 Å². The number of amides is 2. The molecule has 1 fully saturated rings. The molecule has 2 amide bonds. The van der Waals surface area contributed by atoms with E-state index in [2.05, 4.69) is 27.9 Å². The molecule has 0 aliphatic carbocycles. The summed E-state index contributed by atoms with van der Waals surface area (Å²) in [5, 5.41) is 2.59. The first kappa shape index (κ1) is 17.7. The lowest BCUT2D eigenvalue weighted by molar-refractivity contribution is -0.153. The fourth-order valence-electron chi connectivity index (χ4n) is 2.48. The minimum absolute atomic E-state index is 0.234. The number of halogens is 1. The quantitative estimate of drug-likeness (QED) is 0.453. The molecule has 0 saturated carbocycles. The van der Waals surface area contributed by atoms with Crippen molar-refractivity contribution in [1.29, 1.82) is 0 Å². The molecule has 124 valence electrons. The largest absolute Gasteiger partial charge is 0.466 e. The molecular formula is C16H19IN2O4. The van der Waals surface area contributed by atoms with E-state index in [0.29, 0.717) is 31.7 Å². The van der Waals surface area contributed by atoms with Crippen LogP contribution in [0.4, 0.5) is 5.69 Å². The molecule has 1 atom stereocenters. The Labute approximate surface area is 148 Å². The molecule has 0 bridgehead atoms. The summed E-state index contributed by atoms with van der Waals surface area (Å²) in [5.74, 6) is -1.95. The standard InChI is InChI=1S/C16H19IN2O4/c1-2-23-16(22)11-4-3-9-19(10-11)15(21)14(20)18-13-7-5-12(17)6-8-13/h5-8,11H,2-4,9-10H2,1H3,(H,18,20). The number of ether oxygens (including phenoxy) is 1. The van der Waals surface area contributed by atoms with Gasteiger partial charge in [0, 0.05) is 22.3 Å². The van der Waals surface area contributed by atoms with Crippen LogP contribution in [0.1, 0.15) is 19.8 Å². The highest BCUT2D eigenvalue weighted by atomic mass is 127. The van der Waals surface area contributed by atoms with Crippen molar-refractivity contribution in [2.45, 2.75) is 19.8 Å². The van der Waals surface area contributed by atoms with Crippen LogP contribution in [0.2, 0.25) is 0 Å². The lowest BCUT2D eigenvalue weighted by Gasteiger charge is -2.30. The third kappa shape index (κ3) is 4.92. The molecule has 1 aromatic rings. The van der Waals surface area contributed by atoms with Crippen molar-refractivity contribution in [2.24, 2.45) is 5.92 Å². The summed E-state index contributed by atoms with van der Waals surface area (Å²) in [5.41, 5.74) is 0.572. The Morgan fingerprint density at radius 2 is 2.00 bits per heavy atom. The molecule has 1 unspecified atom stereocenters. The van der Waals surface area contributed by atoms with Crippen LogP contribution < -0.4 is 5.32 Å². The molecule has 7 heteroatoms. The Morgan fingerprint density at radius 3 is 2.65 bits per heavy atom. The average Bonchev–Trinajstić information content (AvgIpc) is 2.56. The van der Waals surface area contributed by atoms with E-state index in [1.54, 1.807) is 19.1 Å². The number of nitrogens with zero attached hydrogens (tertiary/aromatic N) is 1. The molecule has 0 spiro atoms. The maximum Gasteiger partial charge on any atom is 0.313 e. The number of hydrogen-bond donors (Lipinski definition) is 1. The van der Waals surface area contributed by atoms with E-state index in [1.165, 1.54) is 4.90 Å². The SMILES string of the molecule is CCOC(=O)C1CCCN(C(=O)C(=O)Nc2ccc(I)cc2)C1. The Kier molecular flexibility index (Phi) is 6.37. The Hall–Kier alpha value is -1.64. The molecule has 0 aromatic heterocycles. The first-order chi connectivity index (χ1) is 11.0. The van der Waals surface area contributed by atoms with Crippen LogP contribution >= 0.6 is 22.6 Å². The predicted octanol–water partition coefficient (Wildman–Crippen LogP) is 2.03. The maximum atomic E-state index is 12.3. The Morgan fingerprint density at radius 1 is 1.30 bits per heavy atom. The van der Waals surface area contributed by atoms with Crippen LogP contribution in [0.25, 0.3) is 0 Å². The number of piperidine rings is 1. The number of benzene rings is 1. The maximum absolute atomic E-state index is 12.3. The van der Waals surface area contributed by atoms with Gasteiger partial charge in [0.15, 0.2) is 0 Å². The highest BCUT2D eigenvalue weighted by Gasteiger charge is 2.31. The molecule has 1 saturated heterocycles. The number of likely N-dealkylation sites (tertiary alicyclic amines) is 1. The van der Waals surface area contributed by atoms with Crippen molar-refractivity contribution < 1.29 is 19.1 Å². The first-order valence-electron chi connectivity index (χ1n) is 7.53. The van der Waals surface area contributed by atoms with Gasteiger partial charge in [-0.05, 0) is 66.6 Å². The minimum atomic E-state index is -0.685. The van der Waals surface area contributed by atoms with Crippen LogP contribution in [-0.4, -0.2) is 42.4 Å². The lowest BCUT2D eigenvalue weighted by atomic mass is 9.98. The normalized spacial score (nSPS) is 17.5. The highest BCUT2D eigenvalue weighted by molar-refractivity contribution is 14.1. The summed E-state index contributed by atoms with van der Waals surface area (Å²) in [6.07, 6.45) is 1.37. The van der Waals surface area contributed by atoms with Crippen LogP contribution in [0, 0.1) is 9.49 Å². The number of carbonyl (C=O) groups excluding carboxylic acids is 3. The zero-order valence-corrected chi connectivity index (χ0v) is 15.0. The molecule has 2 rings (SSSR count). The van der Waals surface area contributed by atoms with Gasteiger partial charge >= 0.3 is 17.8 Å². The molecule has 23 heavy (non-hydrogen) atoms. The van der Waals surface area contributed by atoms with Crippen LogP contribution in [0.15, 0.2) is 24.3 Å². The van der Waals surface area contributed by atoms with E-state index < -0.39 is 11.8 Å². The third-order valence-electron chi connectivity index (χ3n) is 3.62. The number of carbonyl (C=O) groups is 3. The smallest absolute Gasteiger partial charge is 0.313 e. The molecule has 1 heterocycles. The molecule has 1 aliphatic rings. The van der Waals surface area contributed by atoms with E-state index >= 15 is 0 Å². The zero-order valence-electron chi connectivity index (χ0n) is 12.9. The fourth-order valence-corrected chi connectivity index (χ4v) is 2.84. The molecule has 1 N–H and O–H groups in total. The van der Waals surface area contributed by atoms with E-state index in [0.717, 1.165) is 3.57 Å². The second-order valence-electron chi connectivity index (χ2n) is 5.30. The summed E-state index contributed by atoms with van der Waals surface area (Å²) < 4.78 is 6.04. The Bertz CT molecular complexity index is 588. The number of esters is 1. The van der Waals surface area contributed by atoms with Crippen molar-refractivity contribution in [3.05, 3.63) is 27.8 Å². The fraction of sp³-hybridized carbons (Fsp3) is 0.438. The van der Waals surface area contributed by atoms with Crippen molar-refractivity contribution >= 4 is 46.1 Å². The van der Waals surface area contributed by atoms with Crippen molar-refractivity contribution in [1.82, 2.24) is 4.90 Å². The summed E-state index contributed by atoms with van der Waals surface area (Å²) in [6.45, 7) is 2.78. The number of hydrogen-bond acceptors (Lipinski definition) is 4. The molecule has 1 aromatic carbocycles. The second kappa shape index (κ2) is 8.28. The van der Waals surface area contributed by atoms with Gasteiger partial charge in [-0.25, -0.2) is 0 Å². The number of rotatable bonds is 3. The Balaban J connectivity index is 1.94. The van der Waals surface area contributed by atoms with Crippen LogP contribution in [0.5, 0.6) is 0 Å². The monoisotopic (exact) mass is 430 g/mol. The first-order valence-corrected chi connectivity index (χ1v) is 8.61. The summed E-state index contributed by atoms with van der Waals surface area (Å²) in [7, 11) is 0. The highest BCUT2D eigenvalue weighted by Crippen LogP contribution is 2.18. The van der Waals surface area contributed by atoms with Gasteiger partial charge in [0.05, 0.1) is 12.5 Å². The van der Waals surface area contributed by atoms with Gasteiger partial charge in [-0.3, -0.25) is 14.4 Å². The van der Waals surface area contributed by atoms with Crippen LogP contribution in [-0.2, 0) is 19.1 Å². The van der Waals surface area contributed by atoms with Gasteiger partial charge < -0.3 is 15.0 Å². The molecule has 0 radical (unpaired) electrons. The van der Waals surface area contributed by atoms with E-state index in [-0.39, 0.29) is 18.4 Å². The number of anilines is 1. The average molecular weight is 430 g/mol. The van der Waals surface area contributed by atoms with Gasteiger partial charge in [-0.2, -0.15) is 0 Å². The summed E-state index contributed by atoms with van der Waals surface area (Å²) in [4.78, 5) is 37.6. The van der Waals surface area contributed by atoms with Crippen molar-refractivity contribution in [3.63, 3.8) is 0 Å². The predicted molar refractivity (Wildman–Crippen MR) is 93.7 cm³/mol. The van der Waals surface area contributed by atoms with Crippen molar-refractivity contribution in [2.75, 3.05) is 25.0 Å². The van der Waals surface area contributed by atoms with E-state index in [4.69, 9.17) is 4.74 Å². The van der Waals surface area contributed by atoms with Crippen LogP contribution in [0.3, 0.4) is 0 Å². The molecular weight excluding hydrogens is 411 g/mol. The molecule has 1 aliphatic heterocycles. The zero-order chi connectivity index (χ0) is 16.8. The van der Waals surface area contributed by atoms with Crippen molar-refractivity contribution in [3.8, 4) is 0 Å². The summed E-state index contributed by atoms with van der Waals surface area (Å²) >= 11 is 2.16. The van der Waals surface area contributed by atoms with Gasteiger partial charge in [-0.1, -0.05) is 0 Å². The number of nitrogens with one attached hydrogen (secondary N) is 1. The molecule has 6 nitrogen and oxygen atoms in total. The second-order valence-corrected chi connectivity index (χ2v) is 6.55. The van der Waals surface area contributed by atoms with Gasteiger partial charge in [0.2, 0.25) is 0 Å². The topological polar surface area (TPSA) is 75.7 Å². The van der Waals surface area contributed by atoms with Gasteiger partial charge in [-0.15, -0.1) is 0 Å². The van der Waals surface area contributed by atoms with Gasteiger partial charge in [0.25, 0.3) is 0 Å². The summed E-state index contributed by atoms with van der Waals surface area (Å²) in [6, 6.07) is 7.17. The third-order valence-corrected chi connectivity index (χ3v) is 4.34. The minimum Gasteiger partial charge on any atom is -0.466 e. The van der Waals surface area contributed by atoms with E-state index in [9.17, 15) is 14.4 Å².